The monoisotopic (exact) mass is 278 g/mol. The molecule has 0 atom stereocenters. The van der Waals surface area contributed by atoms with Gasteiger partial charge in [-0.05, 0) is 24.3 Å². The summed E-state index contributed by atoms with van der Waals surface area (Å²) in [5, 5.41) is 11.9. The van der Waals surface area contributed by atoms with Crippen LogP contribution in [0.15, 0.2) is 35.7 Å². The summed E-state index contributed by atoms with van der Waals surface area (Å²) in [5.41, 5.74) is 0.444. The predicted octanol–water partition coefficient (Wildman–Crippen LogP) is 1.99. The van der Waals surface area contributed by atoms with Crippen molar-refractivity contribution in [2.75, 3.05) is 13.2 Å². The molecule has 1 aliphatic heterocycles. The Balaban J connectivity index is 1.85. The summed E-state index contributed by atoms with van der Waals surface area (Å²) in [6.07, 6.45) is 0.518. The van der Waals surface area contributed by atoms with E-state index in [4.69, 9.17) is 26.3 Å². The van der Waals surface area contributed by atoms with Crippen LogP contribution in [0.5, 0.6) is 5.75 Å². The number of nitriles is 1. The average Bonchev–Trinajstić information content (AvgIpc) is 2.85. The van der Waals surface area contributed by atoms with Crippen molar-refractivity contribution in [3.8, 4) is 11.8 Å². The number of hydrogen-bond acceptors (Lipinski definition) is 4. The van der Waals surface area contributed by atoms with Gasteiger partial charge in [0.2, 0.25) is 5.88 Å². The molecule has 1 amide bonds. The quantitative estimate of drug-likeness (QED) is 0.914. The van der Waals surface area contributed by atoms with Crippen LogP contribution in [0.25, 0.3) is 0 Å². The van der Waals surface area contributed by atoms with Gasteiger partial charge in [0.05, 0.1) is 12.2 Å². The van der Waals surface area contributed by atoms with E-state index in [1.807, 2.05) is 6.07 Å². The fraction of sp³-hybridized carbons (Fsp3) is 0.231. The van der Waals surface area contributed by atoms with Crippen LogP contribution in [0, 0.1) is 11.3 Å². The summed E-state index contributed by atoms with van der Waals surface area (Å²) in [6, 6.07) is 8.66. The molecule has 0 aromatic heterocycles. The summed E-state index contributed by atoms with van der Waals surface area (Å²) in [7, 11) is 0. The third kappa shape index (κ3) is 3.63. The summed E-state index contributed by atoms with van der Waals surface area (Å²) >= 11 is 5.73. The first-order valence-electron chi connectivity index (χ1n) is 5.63. The van der Waals surface area contributed by atoms with Crippen molar-refractivity contribution >= 4 is 17.5 Å². The van der Waals surface area contributed by atoms with Crippen LogP contribution < -0.4 is 10.1 Å². The van der Waals surface area contributed by atoms with E-state index in [1.165, 1.54) is 0 Å². The normalized spacial score (nSPS) is 13.7. The standard InChI is InChI=1S/C13H11ClN2O3/c14-10-1-3-11(4-2-10)19-8-12(17)16-13-9(7-15)5-6-18-13/h1-4H,5-6,8H2,(H,16,17). The third-order valence-corrected chi connectivity index (χ3v) is 2.70. The number of carbonyl (C=O) groups is 1. The fourth-order valence-corrected chi connectivity index (χ4v) is 1.64. The van der Waals surface area contributed by atoms with Gasteiger partial charge in [-0.2, -0.15) is 5.26 Å². The topological polar surface area (TPSA) is 71.4 Å². The number of nitrogens with one attached hydrogen (secondary N) is 1. The molecule has 0 radical (unpaired) electrons. The molecule has 0 bridgehead atoms. The van der Waals surface area contributed by atoms with Crippen LogP contribution in [0.1, 0.15) is 6.42 Å². The Hall–Kier alpha value is -2.19. The molecule has 0 saturated carbocycles. The first kappa shape index (κ1) is 13.2. The maximum Gasteiger partial charge on any atom is 0.264 e. The molecule has 98 valence electrons. The second kappa shape index (κ2) is 6.12. The Morgan fingerprint density at radius 2 is 2.21 bits per heavy atom. The fourth-order valence-electron chi connectivity index (χ4n) is 1.52. The molecule has 1 aromatic carbocycles. The van der Waals surface area contributed by atoms with Gasteiger partial charge in [-0.3, -0.25) is 10.1 Å². The Kier molecular flexibility index (Phi) is 4.26. The molecular weight excluding hydrogens is 268 g/mol. The molecule has 1 heterocycles. The van der Waals surface area contributed by atoms with Gasteiger partial charge < -0.3 is 9.47 Å². The minimum absolute atomic E-state index is 0.160. The van der Waals surface area contributed by atoms with Crippen molar-refractivity contribution in [1.82, 2.24) is 5.32 Å². The van der Waals surface area contributed by atoms with Gasteiger partial charge in [-0.25, -0.2) is 0 Å². The number of hydrogen-bond donors (Lipinski definition) is 1. The number of carbonyl (C=O) groups excluding carboxylic acids is 1. The second-order valence-corrected chi connectivity index (χ2v) is 4.25. The van der Waals surface area contributed by atoms with Gasteiger partial charge in [0, 0.05) is 11.4 Å². The average molecular weight is 279 g/mol. The van der Waals surface area contributed by atoms with E-state index < -0.39 is 0 Å². The summed E-state index contributed by atoms with van der Waals surface area (Å²) in [5.74, 6) is 0.396. The molecule has 0 unspecified atom stereocenters. The number of benzene rings is 1. The molecule has 0 fully saturated rings. The molecule has 1 aromatic rings. The molecule has 0 saturated heterocycles. The van der Waals surface area contributed by atoms with Crippen molar-refractivity contribution in [3.63, 3.8) is 0 Å². The molecule has 1 aliphatic rings. The molecule has 2 rings (SSSR count). The Morgan fingerprint density at radius 3 is 2.89 bits per heavy atom. The zero-order valence-corrected chi connectivity index (χ0v) is 10.7. The van der Waals surface area contributed by atoms with Crippen LogP contribution in [0.3, 0.4) is 0 Å². The third-order valence-electron chi connectivity index (χ3n) is 2.44. The number of halogens is 1. The minimum Gasteiger partial charge on any atom is -0.484 e. The van der Waals surface area contributed by atoms with E-state index in [9.17, 15) is 4.79 Å². The molecule has 1 N–H and O–H groups in total. The van der Waals surface area contributed by atoms with Gasteiger partial charge in [0.15, 0.2) is 6.61 Å². The highest BCUT2D eigenvalue weighted by molar-refractivity contribution is 6.30. The Bertz CT molecular complexity index is 546. The highest BCUT2D eigenvalue weighted by Gasteiger charge is 2.18. The lowest BCUT2D eigenvalue weighted by Gasteiger charge is -2.08. The lowest BCUT2D eigenvalue weighted by Crippen LogP contribution is -2.29. The van der Waals surface area contributed by atoms with Gasteiger partial charge in [0.25, 0.3) is 5.91 Å². The van der Waals surface area contributed by atoms with Crippen LogP contribution in [0.4, 0.5) is 0 Å². The number of amides is 1. The molecule has 0 aliphatic carbocycles. The highest BCUT2D eigenvalue weighted by Crippen LogP contribution is 2.17. The summed E-state index contributed by atoms with van der Waals surface area (Å²) in [6.45, 7) is 0.254. The molecule has 5 nitrogen and oxygen atoms in total. The van der Waals surface area contributed by atoms with Crippen LogP contribution >= 0.6 is 11.6 Å². The number of rotatable bonds is 4. The van der Waals surface area contributed by atoms with Gasteiger partial charge >= 0.3 is 0 Å². The maximum absolute atomic E-state index is 11.6. The van der Waals surface area contributed by atoms with Crippen molar-refractivity contribution in [2.45, 2.75) is 6.42 Å². The zero-order valence-electron chi connectivity index (χ0n) is 9.98. The Labute approximate surface area is 115 Å². The highest BCUT2D eigenvalue weighted by atomic mass is 35.5. The van der Waals surface area contributed by atoms with Gasteiger partial charge in [0.1, 0.15) is 11.8 Å². The number of ether oxygens (including phenoxy) is 2. The van der Waals surface area contributed by atoms with Gasteiger partial charge in [-0.1, -0.05) is 11.6 Å². The predicted molar refractivity (Wildman–Crippen MR) is 68.3 cm³/mol. The van der Waals surface area contributed by atoms with Crippen molar-refractivity contribution < 1.29 is 14.3 Å². The molecule has 6 heteroatoms. The smallest absolute Gasteiger partial charge is 0.264 e. The van der Waals surface area contributed by atoms with Crippen LogP contribution in [0.2, 0.25) is 5.02 Å². The van der Waals surface area contributed by atoms with E-state index in [0.29, 0.717) is 29.4 Å². The SMILES string of the molecule is N#CC1=C(NC(=O)COc2ccc(Cl)cc2)OCC1. The first-order valence-corrected chi connectivity index (χ1v) is 6.01. The summed E-state index contributed by atoms with van der Waals surface area (Å²) in [4.78, 5) is 11.6. The summed E-state index contributed by atoms with van der Waals surface area (Å²) < 4.78 is 10.4. The zero-order chi connectivity index (χ0) is 13.7. The van der Waals surface area contributed by atoms with Gasteiger partial charge in [-0.15, -0.1) is 0 Å². The number of nitrogens with zero attached hydrogens (tertiary/aromatic N) is 1. The largest absolute Gasteiger partial charge is 0.484 e. The van der Waals surface area contributed by atoms with E-state index in [0.717, 1.165) is 0 Å². The van der Waals surface area contributed by atoms with Crippen molar-refractivity contribution in [1.29, 1.82) is 5.26 Å². The van der Waals surface area contributed by atoms with E-state index in [1.54, 1.807) is 24.3 Å². The van der Waals surface area contributed by atoms with Crippen LogP contribution in [-0.4, -0.2) is 19.1 Å². The molecule has 19 heavy (non-hydrogen) atoms. The minimum atomic E-state index is -0.375. The first-order chi connectivity index (χ1) is 9.19. The van der Waals surface area contributed by atoms with E-state index in [-0.39, 0.29) is 18.4 Å². The Morgan fingerprint density at radius 1 is 1.47 bits per heavy atom. The lowest BCUT2D eigenvalue weighted by atomic mass is 10.2. The second-order valence-electron chi connectivity index (χ2n) is 3.81. The maximum atomic E-state index is 11.6. The van der Waals surface area contributed by atoms with Crippen molar-refractivity contribution in [2.24, 2.45) is 0 Å². The lowest BCUT2D eigenvalue weighted by molar-refractivity contribution is -0.123. The molecular formula is C13H11ClN2O3. The van der Waals surface area contributed by atoms with Crippen LogP contribution in [-0.2, 0) is 9.53 Å². The molecule has 0 spiro atoms. The van der Waals surface area contributed by atoms with E-state index >= 15 is 0 Å². The van der Waals surface area contributed by atoms with Crippen molar-refractivity contribution in [3.05, 3.63) is 40.7 Å². The van der Waals surface area contributed by atoms with E-state index in [2.05, 4.69) is 5.32 Å².